The van der Waals surface area contributed by atoms with Crippen molar-refractivity contribution >= 4 is 47.7 Å². The van der Waals surface area contributed by atoms with Crippen LogP contribution in [0.2, 0.25) is 0 Å². The zero-order valence-corrected chi connectivity index (χ0v) is 13.1. The van der Waals surface area contributed by atoms with Crippen LogP contribution in [0.5, 0.6) is 0 Å². The fourth-order valence-corrected chi connectivity index (χ4v) is 4.90. The predicted octanol–water partition coefficient (Wildman–Crippen LogP) is 1.93. The predicted molar refractivity (Wildman–Crippen MR) is 72.8 cm³/mol. The summed E-state index contributed by atoms with van der Waals surface area (Å²) in [5.41, 5.74) is 0. The van der Waals surface area contributed by atoms with Crippen molar-refractivity contribution in [2.24, 2.45) is 0 Å². The van der Waals surface area contributed by atoms with Gasteiger partial charge in [-0.05, 0) is 34.1 Å². The van der Waals surface area contributed by atoms with E-state index in [1.165, 1.54) is 3.98 Å². The zero-order valence-electron chi connectivity index (χ0n) is 9.07. The number of halogens is 2. The zero-order chi connectivity index (χ0) is 12.6. The highest BCUT2D eigenvalue weighted by Crippen LogP contribution is 2.27. The number of amidine groups is 1. The molecule has 0 saturated heterocycles. The molecule has 0 atom stereocenters. The van der Waals surface area contributed by atoms with Crippen LogP contribution in [0.25, 0.3) is 0 Å². The number of sulfonamides is 1. The quantitative estimate of drug-likeness (QED) is 0.795. The highest BCUT2D eigenvalue weighted by Gasteiger charge is 2.31. The summed E-state index contributed by atoms with van der Waals surface area (Å²) in [6, 6.07) is 5.04. The molecule has 0 aliphatic carbocycles. The van der Waals surface area contributed by atoms with E-state index < -0.39 is 10.0 Å². The van der Waals surface area contributed by atoms with E-state index in [1.807, 2.05) is 0 Å². The lowest BCUT2D eigenvalue weighted by molar-refractivity contribution is -0.353. The molecule has 0 radical (unpaired) electrons. The molecule has 92 valence electrons. The molecule has 1 aromatic carbocycles. The smallest absolute Gasteiger partial charge is 0.274 e. The molecule has 7 heteroatoms. The minimum absolute atomic E-state index is 0.281. The summed E-state index contributed by atoms with van der Waals surface area (Å²) in [6.45, 7) is 2.88. The SMILES string of the molecule is CC1=[N+](S(=O)(=O)c2ccc(Br)cc2Br)CCN1. The number of benzene rings is 1. The molecule has 0 fully saturated rings. The third-order valence-electron chi connectivity index (χ3n) is 2.53. The summed E-state index contributed by atoms with van der Waals surface area (Å²) >= 11 is 6.59. The van der Waals surface area contributed by atoms with Crippen LogP contribution in [0.1, 0.15) is 6.92 Å². The lowest BCUT2D eigenvalue weighted by Gasteiger charge is -2.06. The Bertz CT molecular complexity index is 596. The Morgan fingerprint density at radius 3 is 2.59 bits per heavy atom. The van der Waals surface area contributed by atoms with Gasteiger partial charge in [-0.25, -0.2) is 0 Å². The van der Waals surface area contributed by atoms with E-state index in [9.17, 15) is 8.42 Å². The molecular weight excluding hydrogens is 372 g/mol. The lowest BCUT2D eigenvalue weighted by Crippen LogP contribution is -2.25. The molecule has 17 heavy (non-hydrogen) atoms. The summed E-state index contributed by atoms with van der Waals surface area (Å²) in [6.07, 6.45) is 0. The molecule has 1 aliphatic heterocycles. The van der Waals surface area contributed by atoms with Gasteiger partial charge in [-0.2, -0.15) is 8.42 Å². The van der Waals surface area contributed by atoms with Gasteiger partial charge in [0.05, 0.1) is 0 Å². The monoisotopic (exact) mass is 381 g/mol. The van der Waals surface area contributed by atoms with E-state index in [4.69, 9.17) is 0 Å². The third kappa shape index (κ3) is 2.41. The first kappa shape index (κ1) is 13.0. The number of hydrogen-bond acceptors (Lipinski definition) is 3. The molecule has 2 rings (SSSR count). The molecule has 0 unspecified atom stereocenters. The Morgan fingerprint density at radius 2 is 2.06 bits per heavy atom. The van der Waals surface area contributed by atoms with Crippen molar-refractivity contribution in [3.05, 3.63) is 27.1 Å². The Hall–Kier alpha value is -0.400. The Morgan fingerprint density at radius 1 is 1.35 bits per heavy atom. The first-order valence-corrected chi connectivity index (χ1v) is 8.01. The maximum Gasteiger partial charge on any atom is 0.332 e. The van der Waals surface area contributed by atoms with Gasteiger partial charge in [-0.15, -0.1) is 3.98 Å². The largest absolute Gasteiger partial charge is 0.332 e. The Kier molecular flexibility index (Phi) is 3.61. The molecule has 1 aliphatic rings. The summed E-state index contributed by atoms with van der Waals surface area (Å²) < 4.78 is 27.6. The van der Waals surface area contributed by atoms with Crippen molar-refractivity contribution in [1.82, 2.24) is 5.32 Å². The van der Waals surface area contributed by atoms with E-state index in [-0.39, 0.29) is 4.90 Å². The average Bonchev–Trinajstić information content (AvgIpc) is 2.64. The fraction of sp³-hybridized carbons (Fsp3) is 0.300. The minimum atomic E-state index is -3.47. The van der Waals surface area contributed by atoms with E-state index in [0.717, 1.165) is 4.47 Å². The molecule has 0 spiro atoms. The van der Waals surface area contributed by atoms with Crippen molar-refractivity contribution in [2.45, 2.75) is 11.8 Å². The van der Waals surface area contributed by atoms with Gasteiger partial charge in [0.1, 0.15) is 18.0 Å². The van der Waals surface area contributed by atoms with Gasteiger partial charge in [-0.3, -0.25) is 5.32 Å². The molecule has 1 aromatic rings. The summed E-state index contributed by atoms with van der Waals surface area (Å²) in [5.74, 6) is 0.666. The maximum atomic E-state index is 12.4. The van der Waals surface area contributed by atoms with Crippen LogP contribution in [-0.4, -0.2) is 31.3 Å². The maximum absolute atomic E-state index is 12.4. The number of hydrogen-bond donors (Lipinski definition) is 1. The molecular formula is C10H11Br2N2O2S+. The first-order chi connectivity index (χ1) is 7.93. The lowest BCUT2D eigenvalue weighted by atomic mass is 10.4. The molecule has 0 amide bonds. The van der Waals surface area contributed by atoms with E-state index in [2.05, 4.69) is 37.2 Å². The van der Waals surface area contributed by atoms with Gasteiger partial charge in [0.2, 0.25) is 0 Å². The van der Waals surface area contributed by atoms with E-state index >= 15 is 0 Å². The topological polar surface area (TPSA) is 49.2 Å². The van der Waals surface area contributed by atoms with Crippen molar-refractivity contribution < 1.29 is 12.4 Å². The van der Waals surface area contributed by atoms with Gasteiger partial charge < -0.3 is 0 Å². The van der Waals surface area contributed by atoms with E-state index in [1.54, 1.807) is 25.1 Å². The van der Waals surface area contributed by atoms with Crippen LogP contribution >= 0.6 is 31.9 Å². The van der Waals surface area contributed by atoms with Crippen LogP contribution in [0.3, 0.4) is 0 Å². The Labute approximate surface area is 117 Å². The van der Waals surface area contributed by atoms with Gasteiger partial charge >= 0.3 is 10.0 Å². The van der Waals surface area contributed by atoms with Crippen LogP contribution in [-0.2, 0) is 10.0 Å². The highest BCUT2D eigenvalue weighted by molar-refractivity contribution is 9.11. The standard InChI is InChI=1S/C10H10Br2N2O2S/c1-7-13-4-5-14(7)17(15,16)10-3-2-8(11)6-9(10)12/h2-3,6H,4-5H2,1H3/p+1. The van der Waals surface area contributed by atoms with Crippen LogP contribution < -0.4 is 5.32 Å². The van der Waals surface area contributed by atoms with Crippen LogP contribution in [0.4, 0.5) is 0 Å². The minimum Gasteiger partial charge on any atom is -0.274 e. The van der Waals surface area contributed by atoms with Crippen molar-refractivity contribution in [3.63, 3.8) is 0 Å². The summed E-state index contributed by atoms with van der Waals surface area (Å²) in [7, 11) is -3.47. The molecule has 0 bridgehead atoms. The van der Waals surface area contributed by atoms with Gasteiger partial charge in [-0.1, -0.05) is 15.9 Å². The molecule has 1 N–H and O–H groups in total. The number of rotatable bonds is 2. The van der Waals surface area contributed by atoms with Crippen molar-refractivity contribution in [1.29, 1.82) is 0 Å². The number of nitrogens with zero attached hydrogens (tertiary/aromatic N) is 1. The Balaban J connectivity index is 2.56. The second kappa shape index (κ2) is 4.70. The van der Waals surface area contributed by atoms with E-state index in [0.29, 0.717) is 23.4 Å². The van der Waals surface area contributed by atoms with Crippen molar-refractivity contribution in [2.75, 3.05) is 13.1 Å². The van der Waals surface area contributed by atoms with Gasteiger partial charge in [0, 0.05) is 15.9 Å². The normalized spacial score (nSPS) is 16.2. The second-order valence-electron chi connectivity index (χ2n) is 3.66. The molecule has 4 nitrogen and oxygen atoms in total. The van der Waals surface area contributed by atoms with Gasteiger partial charge in [0.25, 0.3) is 5.84 Å². The summed E-state index contributed by atoms with van der Waals surface area (Å²) in [5, 5.41) is 3.02. The van der Waals surface area contributed by atoms with Gasteiger partial charge in [0.15, 0.2) is 0 Å². The third-order valence-corrected chi connectivity index (χ3v) is 5.89. The highest BCUT2D eigenvalue weighted by atomic mass is 79.9. The fourth-order valence-electron chi connectivity index (χ4n) is 1.70. The molecule has 0 saturated carbocycles. The summed E-state index contributed by atoms with van der Waals surface area (Å²) in [4.78, 5) is 0.281. The average molecular weight is 383 g/mol. The number of nitrogens with one attached hydrogen (secondary N) is 1. The second-order valence-corrected chi connectivity index (χ2v) is 7.26. The van der Waals surface area contributed by atoms with Crippen LogP contribution in [0, 0.1) is 0 Å². The van der Waals surface area contributed by atoms with Crippen LogP contribution in [0.15, 0.2) is 32.0 Å². The first-order valence-electron chi connectivity index (χ1n) is 4.98. The van der Waals surface area contributed by atoms with Crippen molar-refractivity contribution in [3.8, 4) is 0 Å². The molecule has 0 aromatic heterocycles. The molecule has 1 heterocycles.